The highest BCUT2D eigenvalue weighted by atomic mass is 15.1. The van der Waals surface area contributed by atoms with Crippen molar-refractivity contribution in [1.82, 2.24) is 15.1 Å². The number of likely N-dealkylation sites (tertiary alicyclic amines) is 1. The van der Waals surface area contributed by atoms with E-state index in [2.05, 4.69) is 22.0 Å². The van der Waals surface area contributed by atoms with Crippen LogP contribution < -0.4 is 5.73 Å². The molecule has 0 bridgehead atoms. The molecule has 19 heavy (non-hydrogen) atoms. The highest BCUT2D eigenvalue weighted by Gasteiger charge is 2.25. The van der Waals surface area contributed by atoms with Crippen LogP contribution in [0.25, 0.3) is 0 Å². The number of nitrogens with zero attached hydrogens (tertiary/aromatic N) is 3. The van der Waals surface area contributed by atoms with Gasteiger partial charge in [0, 0.05) is 0 Å². The molecule has 1 saturated heterocycles. The highest BCUT2D eigenvalue weighted by molar-refractivity contribution is 5.36. The highest BCUT2D eigenvalue weighted by Crippen LogP contribution is 2.41. The molecular weight excluding hydrogens is 236 g/mol. The number of hydrogen-bond donors (Lipinski definition) is 1. The molecule has 106 valence electrons. The minimum absolute atomic E-state index is 0.539. The smallest absolute Gasteiger partial charge is 0.146 e. The summed E-state index contributed by atoms with van der Waals surface area (Å²) < 4.78 is 0. The van der Waals surface area contributed by atoms with Gasteiger partial charge < -0.3 is 10.6 Å². The van der Waals surface area contributed by atoms with Crippen LogP contribution >= 0.6 is 0 Å². The van der Waals surface area contributed by atoms with Gasteiger partial charge >= 0.3 is 0 Å². The van der Waals surface area contributed by atoms with Crippen molar-refractivity contribution >= 4 is 5.82 Å². The van der Waals surface area contributed by atoms with Crippen LogP contribution in [0.3, 0.4) is 0 Å². The fourth-order valence-electron chi connectivity index (χ4n) is 2.57. The van der Waals surface area contributed by atoms with Crippen LogP contribution in [0.1, 0.15) is 56.2 Å². The summed E-state index contributed by atoms with van der Waals surface area (Å²) in [5.41, 5.74) is 7.84. The number of nitrogen functional groups attached to an aromatic ring is 1. The average Bonchev–Trinajstić information content (AvgIpc) is 3.28. The molecular formula is C15H26N4. The summed E-state index contributed by atoms with van der Waals surface area (Å²) in [6.07, 6.45) is 6.87. The Morgan fingerprint density at radius 1 is 1.21 bits per heavy atom. The molecule has 4 nitrogen and oxygen atoms in total. The zero-order valence-corrected chi connectivity index (χ0v) is 12.2. The fraction of sp³-hybridized carbons (Fsp3) is 0.733. The summed E-state index contributed by atoms with van der Waals surface area (Å²) in [4.78, 5) is 2.52. The molecule has 1 saturated carbocycles. The maximum atomic E-state index is 5.52. The van der Waals surface area contributed by atoms with Crippen molar-refractivity contribution in [1.29, 1.82) is 0 Å². The van der Waals surface area contributed by atoms with Crippen LogP contribution in [0.2, 0.25) is 0 Å². The van der Waals surface area contributed by atoms with E-state index in [4.69, 9.17) is 5.73 Å². The summed E-state index contributed by atoms with van der Waals surface area (Å²) in [7, 11) is 0. The topological polar surface area (TPSA) is 55.0 Å². The molecule has 3 rings (SSSR count). The lowest BCUT2D eigenvalue weighted by molar-refractivity contribution is 0.240. The summed E-state index contributed by atoms with van der Waals surface area (Å²) in [6, 6.07) is 1.94. The van der Waals surface area contributed by atoms with Gasteiger partial charge in [-0.2, -0.15) is 5.10 Å². The van der Waals surface area contributed by atoms with Crippen LogP contribution in [0.15, 0.2) is 6.07 Å². The zero-order valence-electron chi connectivity index (χ0n) is 12.2. The van der Waals surface area contributed by atoms with Crippen molar-refractivity contribution in [2.45, 2.75) is 51.9 Å². The molecule has 1 aromatic heterocycles. The summed E-state index contributed by atoms with van der Waals surface area (Å²) in [5, 5.41) is 7.74. The first kappa shape index (κ1) is 14.3. The second kappa shape index (κ2) is 6.85. The maximum Gasteiger partial charge on any atom is 0.146 e. The van der Waals surface area contributed by atoms with E-state index >= 15 is 0 Å². The van der Waals surface area contributed by atoms with Crippen molar-refractivity contribution in [3.8, 4) is 0 Å². The number of anilines is 1. The van der Waals surface area contributed by atoms with Crippen molar-refractivity contribution in [3.63, 3.8) is 0 Å². The Hall–Kier alpha value is -1.16. The second-order valence-corrected chi connectivity index (χ2v) is 5.58. The molecule has 1 aliphatic carbocycles. The van der Waals surface area contributed by atoms with E-state index in [1.54, 1.807) is 0 Å². The van der Waals surface area contributed by atoms with Gasteiger partial charge in [-0.15, -0.1) is 5.10 Å². The van der Waals surface area contributed by atoms with Gasteiger partial charge in [0.25, 0.3) is 0 Å². The van der Waals surface area contributed by atoms with Crippen molar-refractivity contribution in [2.75, 3.05) is 25.4 Å². The second-order valence-electron chi connectivity index (χ2n) is 5.58. The van der Waals surface area contributed by atoms with Crippen molar-refractivity contribution in [3.05, 3.63) is 17.3 Å². The van der Waals surface area contributed by atoms with E-state index < -0.39 is 0 Å². The van der Waals surface area contributed by atoms with Gasteiger partial charge in [-0.25, -0.2) is 0 Å². The Morgan fingerprint density at radius 2 is 1.89 bits per heavy atom. The van der Waals surface area contributed by atoms with Gasteiger partial charge in [0.2, 0.25) is 0 Å². The monoisotopic (exact) mass is 262 g/mol. The van der Waals surface area contributed by atoms with Gasteiger partial charge in [-0.05, 0) is 69.8 Å². The van der Waals surface area contributed by atoms with E-state index in [0.717, 1.165) is 5.69 Å². The fourth-order valence-corrected chi connectivity index (χ4v) is 2.57. The SMILES string of the molecule is CCN1CCCCC1.Cc1nnc(N)cc1C1CC1. The number of hydrogen-bond acceptors (Lipinski definition) is 4. The summed E-state index contributed by atoms with van der Waals surface area (Å²) in [5.74, 6) is 1.25. The largest absolute Gasteiger partial charge is 0.382 e. The van der Waals surface area contributed by atoms with E-state index in [9.17, 15) is 0 Å². The summed E-state index contributed by atoms with van der Waals surface area (Å²) >= 11 is 0. The molecule has 0 amide bonds. The first-order valence-electron chi connectivity index (χ1n) is 7.52. The molecule has 2 N–H and O–H groups in total. The van der Waals surface area contributed by atoms with Gasteiger partial charge in [-0.1, -0.05) is 13.3 Å². The standard InChI is InChI=1S/C8H11N3.C7H15N/c1-5-7(6-2-3-6)4-8(9)11-10-5;1-2-8-6-4-3-5-7-8/h4,6H,2-3H2,1H3,(H2,9,11);2-7H2,1H3. The number of piperidine rings is 1. The lowest BCUT2D eigenvalue weighted by atomic mass is 10.1. The van der Waals surface area contributed by atoms with E-state index in [1.165, 1.54) is 57.3 Å². The van der Waals surface area contributed by atoms with Crippen LogP contribution in [0, 0.1) is 6.92 Å². The third kappa shape index (κ3) is 4.46. The lowest BCUT2D eigenvalue weighted by Gasteiger charge is -2.24. The number of aromatic nitrogens is 2. The Bertz CT molecular complexity index is 395. The minimum atomic E-state index is 0.539. The normalized spacial score (nSPS) is 19.7. The quantitative estimate of drug-likeness (QED) is 0.890. The van der Waals surface area contributed by atoms with E-state index in [1.807, 2.05) is 13.0 Å². The number of aryl methyl sites for hydroxylation is 1. The Morgan fingerprint density at radius 3 is 2.42 bits per heavy atom. The molecule has 0 radical (unpaired) electrons. The Labute approximate surface area is 116 Å². The molecule has 2 heterocycles. The molecule has 4 heteroatoms. The Kier molecular flexibility index (Phi) is 5.14. The predicted octanol–water partition coefficient (Wildman–Crippen LogP) is 2.74. The molecule has 0 atom stereocenters. The molecule has 2 aliphatic rings. The van der Waals surface area contributed by atoms with Gasteiger partial charge in [0.05, 0.1) is 5.69 Å². The predicted molar refractivity (Wildman–Crippen MR) is 79.1 cm³/mol. The molecule has 2 fully saturated rings. The van der Waals surface area contributed by atoms with Crippen molar-refractivity contribution < 1.29 is 0 Å². The first-order valence-corrected chi connectivity index (χ1v) is 7.52. The third-order valence-electron chi connectivity index (χ3n) is 3.95. The molecule has 0 unspecified atom stereocenters. The van der Waals surface area contributed by atoms with Crippen LogP contribution in [-0.2, 0) is 0 Å². The van der Waals surface area contributed by atoms with E-state index in [-0.39, 0.29) is 0 Å². The minimum Gasteiger partial charge on any atom is -0.382 e. The zero-order chi connectivity index (χ0) is 13.7. The van der Waals surface area contributed by atoms with Crippen LogP contribution in [-0.4, -0.2) is 34.7 Å². The Balaban J connectivity index is 0.000000148. The average molecular weight is 262 g/mol. The molecule has 0 aromatic carbocycles. The molecule has 1 aromatic rings. The number of rotatable bonds is 2. The number of nitrogens with two attached hydrogens (primary N) is 1. The van der Waals surface area contributed by atoms with Gasteiger partial charge in [-0.3, -0.25) is 0 Å². The maximum absolute atomic E-state index is 5.52. The van der Waals surface area contributed by atoms with E-state index in [0.29, 0.717) is 11.7 Å². The van der Waals surface area contributed by atoms with Crippen LogP contribution in [0.5, 0.6) is 0 Å². The van der Waals surface area contributed by atoms with Crippen LogP contribution in [0.4, 0.5) is 5.82 Å². The molecule has 1 aliphatic heterocycles. The molecule has 0 spiro atoms. The summed E-state index contributed by atoms with van der Waals surface area (Å²) in [6.45, 7) is 8.17. The lowest BCUT2D eigenvalue weighted by Crippen LogP contribution is -2.29. The third-order valence-corrected chi connectivity index (χ3v) is 3.95. The first-order chi connectivity index (χ1) is 9.20. The van der Waals surface area contributed by atoms with Gasteiger partial charge in [0.1, 0.15) is 5.82 Å². The van der Waals surface area contributed by atoms with Crippen molar-refractivity contribution in [2.24, 2.45) is 0 Å². The van der Waals surface area contributed by atoms with Gasteiger partial charge in [0.15, 0.2) is 0 Å².